The summed E-state index contributed by atoms with van der Waals surface area (Å²) < 4.78 is 0. The van der Waals surface area contributed by atoms with Crippen molar-refractivity contribution < 1.29 is 9.59 Å². The maximum Gasteiger partial charge on any atom is 0.272 e. The zero-order valence-corrected chi connectivity index (χ0v) is 18.0. The normalized spacial score (nSPS) is 11.1. The molecule has 0 bridgehead atoms. The maximum atomic E-state index is 13.0. The van der Waals surface area contributed by atoms with Crippen LogP contribution in [0.15, 0.2) is 83.4 Å². The zero-order chi connectivity index (χ0) is 21.5. The van der Waals surface area contributed by atoms with Crippen molar-refractivity contribution in [1.82, 2.24) is 5.32 Å². The molecule has 0 atom stereocenters. The summed E-state index contributed by atoms with van der Waals surface area (Å²) in [6.45, 7) is 3.92. The van der Waals surface area contributed by atoms with E-state index in [0.717, 1.165) is 21.6 Å². The molecule has 2 amide bonds. The van der Waals surface area contributed by atoms with Crippen LogP contribution in [0.5, 0.6) is 0 Å². The SMILES string of the molecule is CSc1ccc(/C=C(\NC(=O)c2ccc(C)cc2)C(=O)Nc2cccc(C)c2)cc1. The molecule has 0 heterocycles. The lowest BCUT2D eigenvalue weighted by molar-refractivity contribution is -0.113. The van der Waals surface area contributed by atoms with Gasteiger partial charge in [-0.05, 0) is 73.7 Å². The summed E-state index contributed by atoms with van der Waals surface area (Å²) in [6, 6.07) is 22.6. The van der Waals surface area contributed by atoms with Crippen LogP contribution in [0.1, 0.15) is 27.0 Å². The monoisotopic (exact) mass is 416 g/mol. The molecule has 3 aromatic rings. The van der Waals surface area contributed by atoms with Crippen LogP contribution in [-0.2, 0) is 4.79 Å². The van der Waals surface area contributed by atoms with Gasteiger partial charge in [0.15, 0.2) is 0 Å². The van der Waals surface area contributed by atoms with E-state index in [2.05, 4.69) is 10.6 Å². The minimum atomic E-state index is -0.380. The fourth-order valence-corrected chi connectivity index (χ4v) is 3.25. The lowest BCUT2D eigenvalue weighted by atomic mass is 10.1. The van der Waals surface area contributed by atoms with Crippen LogP contribution < -0.4 is 10.6 Å². The zero-order valence-electron chi connectivity index (χ0n) is 17.2. The van der Waals surface area contributed by atoms with Crippen LogP contribution in [0.3, 0.4) is 0 Å². The Morgan fingerprint density at radius 2 is 1.57 bits per heavy atom. The molecule has 4 nitrogen and oxygen atoms in total. The molecule has 5 heteroatoms. The number of rotatable bonds is 6. The quantitative estimate of drug-likeness (QED) is 0.416. The summed E-state index contributed by atoms with van der Waals surface area (Å²) in [6.07, 6.45) is 3.69. The highest BCUT2D eigenvalue weighted by Crippen LogP contribution is 2.17. The summed E-state index contributed by atoms with van der Waals surface area (Å²) in [4.78, 5) is 26.8. The van der Waals surface area contributed by atoms with Gasteiger partial charge in [-0.15, -0.1) is 11.8 Å². The van der Waals surface area contributed by atoms with E-state index < -0.39 is 0 Å². The molecule has 30 heavy (non-hydrogen) atoms. The van der Waals surface area contributed by atoms with Gasteiger partial charge in [0.05, 0.1) is 0 Å². The van der Waals surface area contributed by atoms with Gasteiger partial charge in [0.1, 0.15) is 5.70 Å². The van der Waals surface area contributed by atoms with Gasteiger partial charge in [0.25, 0.3) is 11.8 Å². The lowest BCUT2D eigenvalue weighted by Gasteiger charge is -2.12. The third kappa shape index (κ3) is 5.84. The second-order valence-corrected chi connectivity index (χ2v) is 7.85. The smallest absolute Gasteiger partial charge is 0.272 e. The first-order valence-electron chi connectivity index (χ1n) is 9.56. The van der Waals surface area contributed by atoms with E-state index >= 15 is 0 Å². The first-order chi connectivity index (χ1) is 14.4. The van der Waals surface area contributed by atoms with Gasteiger partial charge in [0.2, 0.25) is 0 Å². The highest BCUT2D eigenvalue weighted by molar-refractivity contribution is 7.98. The van der Waals surface area contributed by atoms with Crippen LogP contribution in [0.4, 0.5) is 5.69 Å². The Labute approximate surface area is 181 Å². The second kappa shape index (κ2) is 9.94. The Kier molecular flexibility index (Phi) is 7.09. The third-order valence-corrected chi connectivity index (χ3v) is 5.25. The Morgan fingerprint density at radius 1 is 0.867 bits per heavy atom. The van der Waals surface area contributed by atoms with Gasteiger partial charge in [-0.3, -0.25) is 9.59 Å². The number of anilines is 1. The summed E-state index contributed by atoms with van der Waals surface area (Å²) in [7, 11) is 0. The maximum absolute atomic E-state index is 13.0. The fourth-order valence-electron chi connectivity index (χ4n) is 2.85. The molecule has 3 aromatic carbocycles. The van der Waals surface area contributed by atoms with Crippen molar-refractivity contribution in [2.75, 3.05) is 11.6 Å². The first kappa shape index (κ1) is 21.4. The molecule has 3 rings (SSSR count). The summed E-state index contributed by atoms with van der Waals surface area (Å²) in [5, 5.41) is 5.63. The second-order valence-electron chi connectivity index (χ2n) is 6.97. The van der Waals surface area contributed by atoms with E-state index in [1.807, 2.05) is 80.8 Å². The predicted molar refractivity (Wildman–Crippen MR) is 125 cm³/mol. The van der Waals surface area contributed by atoms with Crippen LogP contribution in [0, 0.1) is 13.8 Å². The van der Waals surface area contributed by atoms with Crippen LogP contribution in [0.25, 0.3) is 6.08 Å². The van der Waals surface area contributed by atoms with Crippen molar-refractivity contribution in [3.63, 3.8) is 0 Å². The minimum absolute atomic E-state index is 0.180. The van der Waals surface area contributed by atoms with E-state index in [4.69, 9.17) is 0 Å². The molecule has 0 aliphatic heterocycles. The standard InChI is InChI=1S/C25H24N2O2S/c1-17-7-11-20(12-8-17)24(28)27-23(16-19-9-13-22(30-3)14-10-19)25(29)26-21-6-4-5-18(2)15-21/h4-16H,1-3H3,(H,26,29)(H,27,28)/b23-16-. The molecule has 0 aliphatic carbocycles. The lowest BCUT2D eigenvalue weighted by Crippen LogP contribution is -2.30. The number of hydrogen-bond donors (Lipinski definition) is 2. The van der Waals surface area contributed by atoms with Crippen molar-refractivity contribution in [2.45, 2.75) is 18.7 Å². The van der Waals surface area contributed by atoms with E-state index in [0.29, 0.717) is 11.3 Å². The largest absolute Gasteiger partial charge is 0.321 e. The highest BCUT2D eigenvalue weighted by atomic mass is 32.2. The highest BCUT2D eigenvalue weighted by Gasteiger charge is 2.15. The number of hydrogen-bond acceptors (Lipinski definition) is 3. The topological polar surface area (TPSA) is 58.2 Å². The van der Waals surface area contributed by atoms with Gasteiger partial charge in [-0.25, -0.2) is 0 Å². The average molecular weight is 417 g/mol. The van der Waals surface area contributed by atoms with Gasteiger partial charge in [0, 0.05) is 16.1 Å². The molecule has 0 radical (unpaired) electrons. The van der Waals surface area contributed by atoms with E-state index in [1.54, 1.807) is 30.0 Å². The van der Waals surface area contributed by atoms with E-state index in [1.165, 1.54) is 0 Å². The number of thioether (sulfide) groups is 1. The molecule has 0 unspecified atom stereocenters. The molecule has 2 N–H and O–H groups in total. The number of carbonyl (C=O) groups is 2. The van der Waals surface area contributed by atoms with Crippen molar-refractivity contribution in [3.05, 3.63) is 101 Å². The Morgan fingerprint density at radius 3 is 2.20 bits per heavy atom. The van der Waals surface area contributed by atoms with Crippen LogP contribution >= 0.6 is 11.8 Å². The molecule has 0 aliphatic rings. The molecular weight excluding hydrogens is 392 g/mol. The van der Waals surface area contributed by atoms with Gasteiger partial charge in [-0.1, -0.05) is 42.0 Å². The number of amides is 2. The average Bonchev–Trinajstić information content (AvgIpc) is 2.74. The molecule has 0 saturated heterocycles. The van der Waals surface area contributed by atoms with Gasteiger partial charge in [-0.2, -0.15) is 0 Å². The molecule has 152 valence electrons. The van der Waals surface area contributed by atoms with Gasteiger partial charge < -0.3 is 10.6 Å². The minimum Gasteiger partial charge on any atom is -0.321 e. The Balaban J connectivity index is 1.88. The molecule has 0 aromatic heterocycles. The summed E-state index contributed by atoms with van der Waals surface area (Å²) in [5.41, 5.74) is 4.27. The molecular formula is C25H24N2O2S. The van der Waals surface area contributed by atoms with Gasteiger partial charge >= 0.3 is 0 Å². The van der Waals surface area contributed by atoms with E-state index in [9.17, 15) is 9.59 Å². The molecule has 0 spiro atoms. The molecule has 0 saturated carbocycles. The van der Waals surface area contributed by atoms with Crippen molar-refractivity contribution in [1.29, 1.82) is 0 Å². The predicted octanol–water partition coefficient (Wildman–Crippen LogP) is 5.43. The Bertz CT molecular complexity index is 1070. The third-order valence-electron chi connectivity index (χ3n) is 4.51. The number of aryl methyl sites for hydroxylation is 2. The van der Waals surface area contributed by atoms with Crippen molar-refractivity contribution >= 4 is 35.3 Å². The van der Waals surface area contributed by atoms with Crippen molar-refractivity contribution in [3.8, 4) is 0 Å². The summed E-state index contributed by atoms with van der Waals surface area (Å²) >= 11 is 1.65. The first-order valence-corrected chi connectivity index (χ1v) is 10.8. The van der Waals surface area contributed by atoms with Crippen LogP contribution in [-0.4, -0.2) is 18.1 Å². The van der Waals surface area contributed by atoms with E-state index in [-0.39, 0.29) is 17.5 Å². The number of nitrogens with one attached hydrogen (secondary N) is 2. The fraction of sp³-hybridized carbons (Fsp3) is 0.120. The number of benzene rings is 3. The summed E-state index contributed by atoms with van der Waals surface area (Å²) in [5.74, 6) is -0.712. The Hall–Kier alpha value is -3.31. The van der Waals surface area contributed by atoms with Crippen molar-refractivity contribution in [2.24, 2.45) is 0 Å². The number of carbonyl (C=O) groups excluding carboxylic acids is 2. The van der Waals surface area contributed by atoms with Crippen LogP contribution in [0.2, 0.25) is 0 Å². The molecule has 0 fully saturated rings.